The van der Waals surface area contributed by atoms with Gasteiger partial charge in [0, 0.05) is 11.8 Å². The summed E-state index contributed by atoms with van der Waals surface area (Å²) in [5.74, 6) is 1.04. The van der Waals surface area contributed by atoms with Crippen molar-refractivity contribution in [3.8, 4) is 0 Å². The third-order valence-electron chi connectivity index (χ3n) is 2.63. The first kappa shape index (κ1) is 11.9. The van der Waals surface area contributed by atoms with Crippen LogP contribution in [0.1, 0.15) is 26.7 Å². The summed E-state index contributed by atoms with van der Waals surface area (Å²) in [5, 5.41) is 3.36. The van der Waals surface area contributed by atoms with Gasteiger partial charge < -0.3 is 11.1 Å². The molecule has 82 valence electrons. The van der Waals surface area contributed by atoms with Crippen molar-refractivity contribution in [2.24, 2.45) is 11.7 Å². The normalized spacial score (nSPS) is 20.9. The predicted molar refractivity (Wildman–Crippen MR) is 61.3 cm³/mol. The summed E-state index contributed by atoms with van der Waals surface area (Å²) in [6.07, 6.45) is 4.27. The number of primary amides is 1. The van der Waals surface area contributed by atoms with Crippen LogP contribution in [0, 0.1) is 5.92 Å². The molecule has 14 heavy (non-hydrogen) atoms. The van der Waals surface area contributed by atoms with E-state index < -0.39 is 5.54 Å². The van der Waals surface area contributed by atoms with E-state index in [0.29, 0.717) is 12.0 Å². The van der Waals surface area contributed by atoms with Crippen LogP contribution in [0.15, 0.2) is 0 Å². The molecule has 4 heteroatoms. The van der Waals surface area contributed by atoms with Crippen molar-refractivity contribution in [1.82, 2.24) is 5.32 Å². The molecule has 1 unspecified atom stereocenters. The van der Waals surface area contributed by atoms with Crippen LogP contribution in [0.5, 0.6) is 0 Å². The fourth-order valence-corrected chi connectivity index (χ4v) is 2.86. The Bertz CT molecular complexity index is 216. The lowest BCUT2D eigenvalue weighted by Gasteiger charge is -2.33. The van der Waals surface area contributed by atoms with Crippen LogP contribution in [-0.4, -0.2) is 29.5 Å². The van der Waals surface area contributed by atoms with E-state index in [1.165, 1.54) is 0 Å². The standard InChI is InChI=1S/C10H20N2OS/c1-7(2)12-10(6-14-3,9(11)13)8-4-5-8/h7-8,12H,4-6H2,1-3H3,(H2,11,13). The Morgan fingerprint density at radius 2 is 2.21 bits per heavy atom. The van der Waals surface area contributed by atoms with Crippen LogP contribution in [0.3, 0.4) is 0 Å². The average Bonchev–Trinajstić information content (AvgIpc) is 2.84. The number of nitrogens with two attached hydrogens (primary N) is 1. The number of nitrogens with one attached hydrogen (secondary N) is 1. The van der Waals surface area contributed by atoms with Crippen molar-refractivity contribution in [2.45, 2.75) is 38.3 Å². The number of rotatable bonds is 6. The van der Waals surface area contributed by atoms with Crippen molar-refractivity contribution in [3.05, 3.63) is 0 Å². The number of carbonyl (C=O) groups excluding carboxylic acids is 1. The zero-order valence-electron chi connectivity index (χ0n) is 9.17. The Morgan fingerprint density at radius 3 is 2.50 bits per heavy atom. The Kier molecular flexibility index (Phi) is 3.84. The van der Waals surface area contributed by atoms with Gasteiger partial charge in [-0.1, -0.05) is 0 Å². The van der Waals surface area contributed by atoms with Crippen molar-refractivity contribution in [1.29, 1.82) is 0 Å². The highest BCUT2D eigenvalue weighted by Crippen LogP contribution is 2.41. The Hall–Kier alpha value is -0.220. The third-order valence-corrected chi connectivity index (χ3v) is 3.38. The molecule has 3 nitrogen and oxygen atoms in total. The molecule has 0 radical (unpaired) electrons. The molecule has 0 spiro atoms. The highest BCUT2D eigenvalue weighted by atomic mass is 32.2. The lowest BCUT2D eigenvalue weighted by atomic mass is 9.93. The van der Waals surface area contributed by atoms with E-state index in [9.17, 15) is 4.79 Å². The highest BCUT2D eigenvalue weighted by Gasteiger charge is 2.49. The van der Waals surface area contributed by atoms with Crippen LogP contribution in [0.2, 0.25) is 0 Å². The molecule has 3 N–H and O–H groups in total. The summed E-state index contributed by atoms with van der Waals surface area (Å²) < 4.78 is 0. The van der Waals surface area contributed by atoms with Gasteiger partial charge in [-0.3, -0.25) is 4.79 Å². The summed E-state index contributed by atoms with van der Waals surface area (Å²) >= 11 is 1.68. The lowest BCUT2D eigenvalue weighted by Crippen LogP contribution is -2.61. The van der Waals surface area contributed by atoms with Crippen LogP contribution >= 0.6 is 11.8 Å². The Morgan fingerprint density at radius 1 is 1.64 bits per heavy atom. The Labute approximate surface area is 90.2 Å². The smallest absolute Gasteiger partial charge is 0.238 e. The van der Waals surface area contributed by atoms with Gasteiger partial charge in [0.1, 0.15) is 5.54 Å². The van der Waals surface area contributed by atoms with Gasteiger partial charge in [0.15, 0.2) is 0 Å². The van der Waals surface area contributed by atoms with Gasteiger partial charge in [0.2, 0.25) is 5.91 Å². The number of thioether (sulfide) groups is 1. The number of hydrogen-bond donors (Lipinski definition) is 2. The van der Waals surface area contributed by atoms with E-state index in [4.69, 9.17) is 5.73 Å². The van der Waals surface area contributed by atoms with Crippen molar-refractivity contribution < 1.29 is 4.79 Å². The van der Waals surface area contributed by atoms with Crippen LogP contribution < -0.4 is 11.1 Å². The topological polar surface area (TPSA) is 55.1 Å². The van der Waals surface area contributed by atoms with Crippen molar-refractivity contribution >= 4 is 17.7 Å². The fraction of sp³-hybridized carbons (Fsp3) is 0.900. The molecule has 1 saturated carbocycles. The molecule has 1 fully saturated rings. The van der Waals surface area contributed by atoms with Gasteiger partial charge >= 0.3 is 0 Å². The second-order valence-electron chi connectivity index (χ2n) is 4.34. The minimum atomic E-state index is -0.465. The minimum Gasteiger partial charge on any atom is -0.368 e. The van der Waals surface area contributed by atoms with E-state index in [0.717, 1.165) is 18.6 Å². The first-order chi connectivity index (χ1) is 6.53. The molecule has 0 aromatic rings. The SMILES string of the molecule is CSCC(NC(C)C)(C(N)=O)C1CC1. The van der Waals surface area contributed by atoms with Crippen molar-refractivity contribution in [3.63, 3.8) is 0 Å². The fourth-order valence-electron chi connectivity index (χ4n) is 1.94. The van der Waals surface area contributed by atoms with Gasteiger partial charge in [-0.05, 0) is 38.9 Å². The Balaban J connectivity index is 2.77. The molecule has 0 bridgehead atoms. The molecular weight excluding hydrogens is 196 g/mol. The second kappa shape index (κ2) is 4.53. The number of carbonyl (C=O) groups is 1. The van der Waals surface area contributed by atoms with E-state index in [1.807, 2.05) is 6.26 Å². The second-order valence-corrected chi connectivity index (χ2v) is 5.21. The molecular formula is C10H20N2OS. The van der Waals surface area contributed by atoms with E-state index in [2.05, 4.69) is 19.2 Å². The molecule has 1 aliphatic carbocycles. The highest BCUT2D eigenvalue weighted by molar-refractivity contribution is 7.98. The average molecular weight is 216 g/mol. The predicted octanol–water partition coefficient (Wildman–Crippen LogP) is 0.981. The van der Waals surface area contributed by atoms with Gasteiger partial charge in [-0.25, -0.2) is 0 Å². The summed E-state index contributed by atoms with van der Waals surface area (Å²) in [7, 11) is 0. The van der Waals surface area contributed by atoms with Crippen LogP contribution in [0.25, 0.3) is 0 Å². The third kappa shape index (κ3) is 2.42. The van der Waals surface area contributed by atoms with E-state index >= 15 is 0 Å². The van der Waals surface area contributed by atoms with Gasteiger partial charge in [-0.15, -0.1) is 0 Å². The first-order valence-electron chi connectivity index (χ1n) is 5.09. The van der Waals surface area contributed by atoms with Crippen LogP contribution in [0.4, 0.5) is 0 Å². The maximum Gasteiger partial charge on any atom is 0.238 e. The zero-order valence-corrected chi connectivity index (χ0v) is 9.99. The molecule has 1 rings (SSSR count). The lowest BCUT2D eigenvalue weighted by molar-refractivity contribution is -0.124. The van der Waals surface area contributed by atoms with E-state index in [1.54, 1.807) is 11.8 Å². The maximum atomic E-state index is 11.6. The first-order valence-corrected chi connectivity index (χ1v) is 6.49. The van der Waals surface area contributed by atoms with Gasteiger partial charge in [0.25, 0.3) is 0 Å². The molecule has 0 aliphatic heterocycles. The summed E-state index contributed by atoms with van der Waals surface area (Å²) in [6, 6.07) is 0.301. The molecule has 1 aliphatic rings. The molecule has 1 amide bonds. The zero-order chi connectivity index (χ0) is 10.8. The quantitative estimate of drug-likeness (QED) is 0.696. The van der Waals surface area contributed by atoms with Gasteiger partial charge in [-0.2, -0.15) is 11.8 Å². The van der Waals surface area contributed by atoms with E-state index in [-0.39, 0.29) is 5.91 Å². The number of hydrogen-bond acceptors (Lipinski definition) is 3. The molecule has 0 saturated heterocycles. The molecule has 0 heterocycles. The summed E-state index contributed by atoms with van der Waals surface area (Å²) in [4.78, 5) is 11.6. The van der Waals surface area contributed by atoms with Crippen molar-refractivity contribution in [2.75, 3.05) is 12.0 Å². The summed E-state index contributed by atoms with van der Waals surface area (Å²) in [6.45, 7) is 4.11. The molecule has 0 aromatic carbocycles. The monoisotopic (exact) mass is 216 g/mol. The minimum absolute atomic E-state index is 0.192. The largest absolute Gasteiger partial charge is 0.368 e. The molecule has 0 aromatic heterocycles. The maximum absolute atomic E-state index is 11.6. The van der Waals surface area contributed by atoms with Crippen LogP contribution in [-0.2, 0) is 4.79 Å². The number of amides is 1. The molecule has 1 atom stereocenters. The van der Waals surface area contributed by atoms with Gasteiger partial charge in [0.05, 0.1) is 0 Å². The summed E-state index contributed by atoms with van der Waals surface area (Å²) in [5.41, 5.74) is 5.07.